The number of nitrogens with zero attached hydrogens (tertiary/aromatic N) is 1. The normalized spacial score (nSPS) is 10.3. The molecule has 0 atom stereocenters. The van der Waals surface area contributed by atoms with Gasteiger partial charge in [0.2, 0.25) is 0 Å². The van der Waals surface area contributed by atoms with E-state index < -0.39 is 0 Å². The highest BCUT2D eigenvalue weighted by molar-refractivity contribution is 6.30. The third kappa shape index (κ3) is 2.78. The Labute approximate surface area is 107 Å². The molecule has 0 bridgehead atoms. The fraction of sp³-hybridized carbons (Fsp3) is 0.143. The van der Waals surface area contributed by atoms with Gasteiger partial charge in [0.25, 0.3) is 0 Å². The molecule has 0 spiro atoms. The molecule has 3 heteroatoms. The number of benzene rings is 2. The maximum absolute atomic E-state index is 5.87. The SMILES string of the molecule is CN(c1ccc(Cl)cc1)c1cccc(CN)c1. The molecule has 2 N–H and O–H groups in total. The van der Waals surface area contributed by atoms with Crippen molar-refractivity contribution in [2.24, 2.45) is 5.73 Å². The lowest BCUT2D eigenvalue weighted by Crippen LogP contribution is -2.09. The first-order chi connectivity index (χ1) is 8.20. The second-order valence-corrected chi connectivity index (χ2v) is 4.35. The zero-order valence-electron chi connectivity index (χ0n) is 9.73. The molecule has 0 aliphatic heterocycles. The molecule has 0 fully saturated rings. The topological polar surface area (TPSA) is 29.3 Å². The number of halogens is 1. The van der Waals surface area contributed by atoms with Gasteiger partial charge in [-0.3, -0.25) is 0 Å². The average molecular weight is 247 g/mol. The number of hydrogen-bond donors (Lipinski definition) is 1. The van der Waals surface area contributed by atoms with Crippen molar-refractivity contribution >= 4 is 23.0 Å². The Bertz CT molecular complexity index is 494. The largest absolute Gasteiger partial charge is 0.345 e. The first kappa shape index (κ1) is 12.0. The van der Waals surface area contributed by atoms with E-state index in [4.69, 9.17) is 17.3 Å². The van der Waals surface area contributed by atoms with Gasteiger partial charge in [-0.15, -0.1) is 0 Å². The van der Waals surface area contributed by atoms with Gasteiger partial charge in [0.05, 0.1) is 0 Å². The molecule has 2 rings (SSSR count). The van der Waals surface area contributed by atoms with Crippen LogP contribution in [0.4, 0.5) is 11.4 Å². The van der Waals surface area contributed by atoms with Crippen LogP contribution < -0.4 is 10.6 Å². The van der Waals surface area contributed by atoms with Crippen molar-refractivity contribution in [1.82, 2.24) is 0 Å². The highest BCUT2D eigenvalue weighted by Gasteiger charge is 2.04. The van der Waals surface area contributed by atoms with E-state index in [-0.39, 0.29) is 0 Å². The Hall–Kier alpha value is -1.51. The summed E-state index contributed by atoms with van der Waals surface area (Å²) in [7, 11) is 2.03. The molecule has 0 amide bonds. The van der Waals surface area contributed by atoms with Gasteiger partial charge in [0, 0.05) is 30.0 Å². The van der Waals surface area contributed by atoms with E-state index in [1.807, 2.05) is 43.4 Å². The molecule has 0 radical (unpaired) electrons. The van der Waals surface area contributed by atoms with Crippen LogP contribution >= 0.6 is 11.6 Å². The molecule has 2 aromatic rings. The van der Waals surface area contributed by atoms with E-state index in [1.165, 1.54) is 0 Å². The molecule has 0 heterocycles. The molecule has 2 nitrogen and oxygen atoms in total. The van der Waals surface area contributed by atoms with Gasteiger partial charge >= 0.3 is 0 Å². The van der Waals surface area contributed by atoms with Crippen LogP contribution in [0.2, 0.25) is 5.02 Å². The molecule has 0 aromatic heterocycles. The monoisotopic (exact) mass is 246 g/mol. The Balaban J connectivity index is 2.29. The summed E-state index contributed by atoms with van der Waals surface area (Å²) >= 11 is 5.87. The second-order valence-electron chi connectivity index (χ2n) is 3.91. The van der Waals surface area contributed by atoms with Gasteiger partial charge in [0.15, 0.2) is 0 Å². The number of rotatable bonds is 3. The van der Waals surface area contributed by atoms with Crippen LogP contribution in [0.5, 0.6) is 0 Å². The molecular formula is C14H15ClN2. The van der Waals surface area contributed by atoms with E-state index in [9.17, 15) is 0 Å². The highest BCUT2D eigenvalue weighted by atomic mass is 35.5. The summed E-state index contributed by atoms with van der Waals surface area (Å²) in [5, 5.41) is 0.748. The van der Waals surface area contributed by atoms with E-state index in [0.717, 1.165) is 22.0 Å². The second kappa shape index (κ2) is 5.21. The van der Waals surface area contributed by atoms with Gasteiger partial charge in [0.1, 0.15) is 0 Å². The molecule has 2 aromatic carbocycles. The standard InChI is InChI=1S/C14H15ClN2/c1-17(13-7-5-12(15)6-8-13)14-4-2-3-11(9-14)10-16/h2-9H,10,16H2,1H3. The molecule has 88 valence electrons. The molecule has 0 aliphatic carbocycles. The van der Waals surface area contributed by atoms with Crippen molar-refractivity contribution in [3.05, 3.63) is 59.1 Å². The Morgan fingerprint density at radius 1 is 1.06 bits per heavy atom. The number of nitrogens with two attached hydrogens (primary N) is 1. The smallest absolute Gasteiger partial charge is 0.0411 e. The van der Waals surface area contributed by atoms with Crippen LogP contribution in [0.25, 0.3) is 0 Å². The van der Waals surface area contributed by atoms with Gasteiger partial charge in [-0.1, -0.05) is 23.7 Å². The fourth-order valence-corrected chi connectivity index (χ4v) is 1.83. The fourth-order valence-electron chi connectivity index (χ4n) is 1.71. The average Bonchev–Trinajstić information content (AvgIpc) is 2.39. The van der Waals surface area contributed by atoms with Crippen LogP contribution in [0.3, 0.4) is 0 Å². The summed E-state index contributed by atoms with van der Waals surface area (Å²) < 4.78 is 0. The number of anilines is 2. The minimum Gasteiger partial charge on any atom is -0.345 e. The summed E-state index contributed by atoms with van der Waals surface area (Å²) in [5.74, 6) is 0. The van der Waals surface area contributed by atoms with Crippen molar-refractivity contribution in [2.45, 2.75) is 6.54 Å². The van der Waals surface area contributed by atoms with Crippen LogP contribution in [-0.4, -0.2) is 7.05 Å². The summed E-state index contributed by atoms with van der Waals surface area (Å²) in [5.41, 5.74) is 8.99. The zero-order valence-corrected chi connectivity index (χ0v) is 10.5. The maximum atomic E-state index is 5.87. The maximum Gasteiger partial charge on any atom is 0.0411 e. The van der Waals surface area contributed by atoms with E-state index >= 15 is 0 Å². The first-order valence-electron chi connectivity index (χ1n) is 5.49. The third-order valence-corrected chi connectivity index (χ3v) is 3.00. The molecule has 0 saturated carbocycles. The Morgan fingerprint density at radius 2 is 1.76 bits per heavy atom. The zero-order chi connectivity index (χ0) is 12.3. The quantitative estimate of drug-likeness (QED) is 0.897. The van der Waals surface area contributed by atoms with Crippen molar-refractivity contribution in [2.75, 3.05) is 11.9 Å². The number of hydrogen-bond acceptors (Lipinski definition) is 2. The van der Waals surface area contributed by atoms with Crippen molar-refractivity contribution < 1.29 is 0 Å². The third-order valence-electron chi connectivity index (χ3n) is 2.75. The van der Waals surface area contributed by atoms with Crippen molar-refractivity contribution in [3.63, 3.8) is 0 Å². The minimum absolute atomic E-state index is 0.558. The van der Waals surface area contributed by atoms with E-state index in [0.29, 0.717) is 6.54 Å². The van der Waals surface area contributed by atoms with Crippen LogP contribution in [0, 0.1) is 0 Å². The van der Waals surface area contributed by atoms with E-state index in [2.05, 4.69) is 17.0 Å². The van der Waals surface area contributed by atoms with Crippen molar-refractivity contribution in [1.29, 1.82) is 0 Å². The minimum atomic E-state index is 0.558. The summed E-state index contributed by atoms with van der Waals surface area (Å²) in [6.07, 6.45) is 0. The summed E-state index contributed by atoms with van der Waals surface area (Å²) in [6.45, 7) is 0.558. The lowest BCUT2D eigenvalue weighted by Gasteiger charge is -2.20. The van der Waals surface area contributed by atoms with Gasteiger partial charge in [-0.25, -0.2) is 0 Å². The van der Waals surface area contributed by atoms with Gasteiger partial charge in [-0.2, -0.15) is 0 Å². The predicted molar refractivity (Wildman–Crippen MR) is 73.8 cm³/mol. The van der Waals surface area contributed by atoms with Gasteiger partial charge in [-0.05, 0) is 42.0 Å². The van der Waals surface area contributed by atoms with Crippen LogP contribution in [0.15, 0.2) is 48.5 Å². The Kier molecular flexibility index (Phi) is 3.67. The Morgan fingerprint density at radius 3 is 2.41 bits per heavy atom. The molecule has 0 saturated heterocycles. The summed E-state index contributed by atoms with van der Waals surface area (Å²) in [6, 6.07) is 16.0. The predicted octanol–water partition coefficient (Wildman–Crippen LogP) is 3.57. The van der Waals surface area contributed by atoms with E-state index in [1.54, 1.807) is 0 Å². The summed E-state index contributed by atoms with van der Waals surface area (Å²) in [4.78, 5) is 2.11. The first-order valence-corrected chi connectivity index (χ1v) is 5.87. The molecule has 17 heavy (non-hydrogen) atoms. The van der Waals surface area contributed by atoms with Crippen LogP contribution in [0.1, 0.15) is 5.56 Å². The lowest BCUT2D eigenvalue weighted by molar-refractivity contribution is 1.06. The molecular weight excluding hydrogens is 232 g/mol. The molecule has 0 aliphatic rings. The molecule has 0 unspecified atom stereocenters. The van der Waals surface area contributed by atoms with Crippen LogP contribution in [-0.2, 0) is 6.54 Å². The van der Waals surface area contributed by atoms with Gasteiger partial charge < -0.3 is 10.6 Å². The van der Waals surface area contributed by atoms with Crippen molar-refractivity contribution in [3.8, 4) is 0 Å². The highest BCUT2D eigenvalue weighted by Crippen LogP contribution is 2.25. The lowest BCUT2D eigenvalue weighted by atomic mass is 10.2.